The van der Waals surface area contributed by atoms with Crippen LogP contribution in [0, 0.1) is 0 Å². The number of hydrogen-bond donors (Lipinski definition) is 1. The molecule has 0 radical (unpaired) electrons. The molecule has 1 aliphatic rings. The van der Waals surface area contributed by atoms with Gasteiger partial charge >= 0.3 is 0 Å². The second kappa shape index (κ2) is 12.0. The van der Waals surface area contributed by atoms with Crippen molar-refractivity contribution >= 4 is 29.9 Å². The molecule has 0 atom stereocenters. The van der Waals surface area contributed by atoms with Crippen LogP contribution in [0.4, 0.5) is 0 Å². The maximum atomic E-state index is 5.52. The molecule has 8 nitrogen and oxygen atoms in total. The number of nitrogens with one attached hydrogen (secondary N) is 1. The predicted octanol–water partition coefficient (Wildman–Crippen LogP) is 1.99. The summed E-state index contributed by atoms with van der Waals surface area (Å²) in [5.74, 6) is 2.73. The first-order valence-electron chi connectivity index (χ1n) is 9.99. The number of aliphatic imine (C=N–C) groups is 1. The third-order valence-electron chi connectivity index (χ3n) is 5.22. The number of methoxy groups -OCH3 is 2. The molecule has 0 unspecified atom stereocenters. The largest absolute Gasteiger partial charge is 0.497 e. The molecule has 1 aromatic carbocycles. The van der Waals surface area contributed by atoms with Crippen LogP contribution in [0.25, 0.3) is 0 Å². The Morgan fingerprint density at radius 2 is 1.93 bits per heavy atom. The highest BCUT2D eigenvalue weighted by Gasteiger charge is 2.20. The summed E-state index contributed by atoms with van der Waals surface area (Å²) in [6.45, 7) is 5.53. The monoisotopic (exact) mass is 528 g/mol. The minimum Gasteiger partial charge on any atom is -0.497 e. The summed E-state index contributed by atoms with van der Waals surface area (Å²) in [6, 6.07) is 5.96. The van der Waals surface area contributed by atoms with Gasteiger partial charge in [-0.25, -0.2) is 0 Å². The fourth-order valence-electron chi connectivity index (χ4n) is 3.62. The lowest BCUT2D eigenvalue weighted by Gasteiger charge is -2.36. The fraction of sp³-hybridized carbons (Fsp3) is 0.524. The molecular formula is C21H33IN6O2. The van der Waals surface area contributed by atoms with Crippen LogP contribution in [-0.4, -0.2) is 79.5 Å². The number of nitrogens with zero attached hydrogens (tertiary/aromatic N) is 5. The van der Waals surface area contributed by atoms with E-state index in [0.29, 0.717) is 0 Å². The fourth-order valence-corrected chi connectivity index (χ4v) is 3.62. The number of hydrogen-bond acceptors (Lipinski definition) is 5. The van der Waals surface area contributed by atoms with Crippen LogP contribution in [-0.2, 0) is 20.0 Å². The number of rotatable bonds is 7. The SMILES string of the molecule is CN=C(NCCc1cnn(C)c1)N1CCN(Cc2cc(OC)ccc2OC)CC1.I. The Bertz CT molecular complexity index is 818. The molecule has 0 spiro atoms. The maximum absolute atomic E-state index is 5.52. The van der Waals surface area contributed by atoms with E-state index in [4.69, 9.17) is 9.47 Å². The normalized spacial score (nSPS) is 14.9. The molecule has 2 heterocycles. The Kier molecular flexibility index (Phi) is 9.70. The quantitative estimate of drug-likeness (QED) is 0.337. The first kappa shape index (κ1) is 24.3. The molecule has 1 fully saturated rings. The molecule has 0 aliphatic carbocycles. The van der Waals surface area contributed by atoms with E-state index in [0.717, 1.165) is 68.7 Å². The molecule has 3 rings (SSSR count). The van der Waals surface area contributed by atoms with E-state index in [1.165, 1.54) is 5.56 Å². The topological polar surface area (TPSA) is 67.2 Å². The zero-order chi connectivity index (χ0) is 20.6. The van der Waals surface area contributed by atoms with E-state index in [9.17, 15) is 0 Å². The summed E-state index contributed by atoms with van der Waals surface area (Å²) in [5.41, 5.74) is 2.38. The average molecular weight is 528 g/mol. The predicted molar refractivity (Wildman–Crippen MR) is 130 cm³/mol. The Hall–Kier alpha value is -2.01. The molecule has 30 heavy (non-hydrogen) atoms. The van der Waals surface area contributed by atoms with Crippen molar-refractivity contribution in [3.63, 3.8) is 0 Å². The molecule has 0 bridgehead atoms. The minimum absolute atomic E-state index is 0. The Labute approximate surface area is 196 Å². The van der Waals surface area contributed by atoms with Crippen molar-refractivity contribution in [3.8, 4) is 11.5 Å². The van der Waals surface area contributed by atoms with E-state index in [1.807, 2.05) is 37.1 Å². The van der Waals surface area contributed by atoms with Crippen LogP contribution in [0.2, 0.25) is 0 Å². The highest BCUT2D eigenvalue weighted by molar-refractivity contribution is 14.0. The van der Waals surface area contributed by atoms with Gasteiger partial charge in [-0.3, -0.25) is 14.6 Å². The highest BCUT2D eigenvalue weighted by atomic mass is 127. The number of benzene rings is 1. The van der Waals surface area contributed by atoms with Gasteiger partial charge in [0.15, 0.2) is 5.96 Å². The summed E-state index contributed by atoms with van der Waals surface area (Å²) in [7, 11) is 7.19. The second-order valence-corrected chi connectivity index (χ2v) is 7.19. The van der Waals surface area contributed by atoms with Crippen LogP contribution in [0.1, 0.15) is 11.1 Å². The zero-order valence-corrected chi connectivity index (χ0v) is 20.6. The van der Waals surface area contributed by atoms with Gasteiger partial charge in [0.25, 0.3) is 0 Å². The molecule has 0 saturated carbocycles. The molecule has 1 N–H and O–H groups in total. The molecule has 0 amide bonds. The summed E-state index contributed by atoms with van der Waals surface area (Å²) in [6.07, 6.45) is 4.90. The van der Waals surface area contributed by atoms with E-state index in [1.54, 1.807) is 14.2 Å². The first-order chi connectivity index (χ1) is 14.1. The van der Waals surface area contributed by atoms with Gasteiger partial charge in [0.2, 0.25) is 0 Å². The van der Waals surface area contributed by atoms with Gasteiger partial charge in [0.1, 0.15) is 11.5 Å². The maximum Gasteiger partial charge on any atom is 0.193 e. The first-order valence-corrected chi connectivity index (χ1v) is 9.99. The smallest absolute Gasteiger partial charge is 0.193 e. The van der Waals surface area contributed by atoms with Crippen molar-refractivity contribution < 1.29 is 9.47 Å². The molecule has 1 aromatic heterocycles. The number of aromatic nitrogens is 2. The summed E-state index contributed by atoms with van der Waals surface area (Å²) >= 11 is 0. The van der Waals surface area contributed by atoms with Crippen molar-refractivity contribution in [1.82, 2.24) is 24.9 Å². The molecule has 2 aromatic rings. The van der Waals surface area contributed by atoms with E-state index in [-0.39, 0.29) is 24.0 Å². The van der Waals surface area contributed by atoms with Gasteiger partial charge in [0, 0.05) is 65.1 Å². The Balaban J connectivity index is 0.00000320. The van der Waals surface area contributed by atoms with Gasteiger partial charge in [0.05, 0.1) is 20.4 Å². The Morgan fingerprint density at radius 1 is 1.17 bits per heavy atom. The van der Waals surface area contributed by atoms with E-state index < -0.39 is 0 Å². The molecule has 9 heteroatoms. The minimum atomic E-state index is 0. The molecule has 166 valence electrons. The van der Waals surface area contributed by atoms with Crippen LogP contribution in [0.15, 0.2) is 35.6 Å². The third-order valence-corrected chi connectivity index (χ3v) is 5.22. The summed E-state index contributed by atoms with van der Waals surface area (Å²) in [4.78, 5) is 9.23. The standard InChI is InChI=1S/C21H32N6O2.HI/c1-22-21(23-8-7-17-14-24-25(2)15-17)27-11-9-26(10-12-27)16-18-13-19(28-3)5-6-20(18)29-4;/h5-6,13-15H,7-12,16H2,1-4H3,(H,22,23);1H. The van der Waals surface area contributed by atoms with Gasteiger partial charge < -0.3 is 19.7 Å². The second-order valence-electron chi connectivity index (χ2n) is 7.19. The van der Waals surface area contributed by atoms with Crippen LogP contribution >= 0.6 is 24.0 Å². The van der Waals surface area contributed by atoms with Crippen LogP contribution in [0.5, 0.6) is 11.5 Å². The third kappa shape index (κ3) is 6.49. The van der Waals surface area contributed by atoms with Gasteiger partial charge in [-0.1, -0.05) is 0 Å². The van der Waals surface area contributed by atoms with Crippen molar-refractivity contribution in [3.05, 3.63) is 41.7 Å². The summed E-state index contributed by atoms with van der Waals surface area (Å²) < 4.78 is 12.7. The zero-order valence-electron chi connectivity index (χ0n) is 18.3. The van der Waals surface area contributed by atoms with Crippen molar-refractivity contribution in [2.75, 3.05) is 54.0 Å². The average Bonchev–Trinajstić information content (AvgIpc) is 3.17. The Morgan fingerprint density at radius 3 is 2.53 bits per heavy atom. The van der Waals surface area contributed by atoms with Crippen molar-refractivity contribution in [1.29, 1.82) is 0 Å². The highest BCUT2D eigenvalue weighted by Crippen LogP contribution is 2.25. The summed E-state index contributed by atoms with van der Waals surface area (Å²) in [5, 5.41) is 7.69. The molecule has 1 aliphatic heterocycles. The number of halogens is 1. The van der Waals surface area contributed by atoms with Gasteiger partial charge in [-0.05, 0) is 30.2 Å². The van der Waals surface area contributed by atoms with Crippen LogP contribution < -0.4 is 14.8 Å². The van der Waals surface area contributed by atoms with Crippen molar-refractivity contribution in [2.45, 2.75) is 13.0 Å². The lowest BCUT2D eigenvalue weighted by molar-refractivity contribution is 0.171. The molecule has 1 saturated heterocycles. The number of piperazine rings is 1. The lowest BCUT2D eigenvalue weighted by Crippen LogP contribution is -2.52. The number of aryl methyl sites for hydroxylation is 1. The van der Waals surface area contributed by atoms with E-state index in [2.05, 4.69) is 37.5 Å². The lowest BCUT2D eigenvalue weighted by atomic mass is 10.1. The number of guanidine groups is 1. The van der Waals surface area contributed by atoms with E-state index >= 15 is 0 Å². The van der Waals surface area contributed by atoms with Gasteiger partial charge in [-0.15, -0.1) is 24.0 Å². The van der Waals surface area contributed by atoms with Crippen LogP contribution in [0.3, 0.4) is 0 Å². The molecular weight excluding hydrogens is 495 g/mol. The van der Waals surface area contributed by atoms with Crippen molar-refractivity contribution in [2.24, 2.45) is 12.0 Å². The number of ether oxygens (including phenoxy) is 2. The van der Waals surface area contributed by atoms with Gasteiger partial charge in [-0.2, -0.15) is 5.10 Å².